The lowest BCUT2D eigenvalue weighted by atomic mass is 10.2. The van der Waals surface area contributed by atoms with Crippen LogP contribution in [0, 0.1) is 6.92 Å². The van der Waals surface area contributed by atoms with Crippen molar-refractivity contribution in [3.05, 3.63) is 39.3 Å². The molecule has 0 N–H and O–H groups in total. The summed E-state index contributed by atoms with van der Waals surface area (Å²) in [6.45, 7) is 8.64. The van der Waals surface area contributed by atoms with Crippen LogP contribution in [-0.2, 0) is 6.42 Å². The van der Waals surface area contributed by atoms with E-state index < -0.39 is 0 Å². The standard InChI is InChI=1S/C14H16BrNS.C3H8/c1-3-4-5-13-10(2)17-14(16-13)11-6-8-12(15)9-7-11;1-3-2/h6-9H,3-5H2,1-2H3;3H2,1-2H3. The van der Waals surface area contributed by atoms with E-state index in [2.05, 4.69) is 67.9 Å². The molecule has 0 fully saturated rings. The number of halogens is 1. The van der Waals surface area contributed by atoms with Gasteiger partial charge in [0, 0.05) is 14.9 Å². The molecule has 0 aliphatic rings. The highest BCUT2D eigenvalue weighted by atomic mass is 79.9. The minimum Gasteiger partial charge on any atom is -0.241 e. The van der Waals surface area contributed by atoms with Crippen LogP contribution in [0.15, 0.2) is 28.7 Å². The van der Waals surface area contributed by atoms with Gasteiger partial charge in [-0.1, -0.05) is 61.7 Å². The Bertz CT molecular complexity index is 502. The second kappa shape index (κ2) is 9.30. The van der Waals surface area contributed by atoms with Gasteiger partial charge in [-0.25, -0.2) is 4.98 Å². The monoisotopic (exact) mass is 353 g/mol. The lowest BCUT2D eigenvalue weighted by molar-refractivity contribution is 0.778. The molecule has 1 aromatic carbocycles. The van der Waals surface area contributed by atoms with E-state index in [-0.39, 0.29) is 0 Å². The first-order chi connectivity index (χ1) is 9.62. The fourth-order valence-electron chi connectivity index (χ4n) is 1.72. The van der Waals surface area contributed by atoms with E-state index in [1.165, 1.54) is 35.4 Å². The fraction of sp³-hybridized carbons (Fsp3) is 0.471. The summed E-state index contributed by atoms with van der Waals surface area (Å²) >= 11 is 5.25. The van der Waals surface area contributed by atoms with Gasteiger partial charge in [0.05, 0.1) is 5.69 Å². The summed E-state index contributed by atoms with van der Waals surface area (Å²) in [7, 11) is 0. The van der Waals surface area contributed by atoms with Crippen LogP contribution in [0.25, 0.3) is 10.6 Å². The van der Waals surface area contributed by atoms with Crippen LogP contribution >= 0.6 is 27.3 Å². The molecule has 20 heavy (non-hydrogen) atoms. The molecule has 0 radical (unpaired) electrons. The zero-order valence-electron chi connectivity index (χ0n) is 12.9. The first-order valence-electron chi connectivity index (χ1n) is 7.34. The summed E-state index contributed by atoms with van der Waals surface area (Å²) in [5, 5.41) is 1.14. The average Bonchev–Trinajstić information content (AvgIpc) is 2.79. The van der Waals surface area contributed by atoms with Gasteiger partial charge in [-0.15, -0.1) is 11.3 Å². The summed E-state index contributed by atoms with van der Waals surface area (Å²) in [4.78, 5) is 6.11. The third kappa shape index (κ3) is 5.37. The predicted octanol–water partition coefficient (Wildman–Crippen LogP) is 6.64. The van der Waals surface area contributed by atoms with Crippen molar-refractivity contribution in [1.82, 2.24) is 4.98 Å². The van der Waals surface area contributed by atoms with Gasteiger partial charge in [-0.05, 0) is 31.9 Å². The van der Waals surface area contributed by atoms with Crippen molar-refractivity contribution >= 4 is 27.3 Å². The zero-order valence-corrected chi connectivity index (χ0v) is 15.3. The maximum absolute atomic E-state index is 4.75. The molecule has 0 amide bonds. The normalized spacial score (nSPS) is 10.1. The van der Waals surface area contributed by atoms with Gasteiger partial charge in [0.1, 0.15) is 5.01 Å². The Hall–Kier alpha value is -0.670. The minimum absolute atomic E-state index is 1.11. The molecule has 2 rings (SSSR count). The number of hydrogen-bond donors (Lipinski definition) is 0. The summed E-state index contributed by atoms with van der Waals surface area (Å²) in [5.41, 5.74) is 2.49. The molecule has 0 saturated carbocycles. The first-order valence-corrected chi connectivity index (χ1v) is 8.95. The lowest BCUT2D eigenvalue weighted by Gasteiger charge is -1.96. The largest absolute Gasteiger partial charge is 0.241 e. The molecule has 0 bridgehead atoms. The molecular weight excluding hydrogens is 330 g/mol. The van der Waals surface area contributed by atoms with Crippen molar-refractivity contribution in [2.45, 2.75) is 53.4 Å². The summed E-state index contributed by atoms with van der Waals surface area (Å²) in [5.74, 6) is 0. The van der Waals surface area contributed by atoms with Gasteiger partial charge < -0.3 is 0 Å². The highest BCUT2D eigenvalue weighted by molar-refractivity contribution is 9.10. The third-order valence-electron chi connectivity index (χ3n) is 2.75. The van der Waals surface area contributed by atoms with Gasteiger partial charge in [-0.2, -0.15) is 0 Å². The Morgan fingerprint density at radius 2 is 1.70 bits per heavy atom. The molecule has 110 valence electrons. The third-order valence-corrected chi connectivity index (χ3v) is 4.34. The lowest BCUT2D eigenvalue weighted by Crippen LogP contribution is -1.87. The molecule has 0 atom stereocenters. The maximum atomic E-state index is 4.75. The molecule has 0 saturated heterocycles. The minimum atomic E-state index is 1.11. The molecule has 1 aromatic heterocycles. The Morgan fingerprint density at radius 1 is 1.10 bits per heavy atom. The highest BCUT2D eigenvalue weighted by Crippen LogP contribution is 2.29. The SMILES string of the molecule is CCC.CCCCc1nc(-c2ccc(Br)cc2)sc1C. The van der Waals surface area contributed by atoms with Crippen LogP contribution in [0.4, 0.5) is 0 Å². The number of aromatic nitrogens is 1. The topological polar surface area (TPSA) is 12.9 Å². The van der Waals surface area contributed by atoms with Crippen LogP contribution in [-0.4, -0.2) is 4.98 Å². The molecule has 0 aliphatic carbocycles. The molecule has 1 nitrogen and oxygen atoms in total. The Balaban J connectivity index is 0.000000612. The predicted molar refractivity (Wildman–Crippen MR) is 94.6 cm³/mol. The number of nitrogens with zero attached hydrogens (tertiary/aromatic N) is 1. The van der Waals surface area contributed by atoms with Crippen LogP contribution in [0.1, 0.15) is 50.6 Å². The van der Waals surface area contributed by atoms with Crippen LogP contribution < -0.4 is 0 Å². The van der Waals surface area contributed by atoms with E-state index in [9.17, 15) is 0 Å². The Kier molecular flexibility index (Phi) is 8.08. The summed E-state index contributed by atoms with van der Waals surface area (Å²) < 4.78 is 1.11. The van der Waals surface area contributed by atoms with E-state index in [0.29, 0.717) is 0 Å². The van der Waals surface area contributed by atoms with Crippen molar-refractivity contribution in [2.24, 2.45) is 0 Å². The fourth-order valence-corrected chi connectivity index (χ4v) is 2.95. The van der Waals surface area contributed by atoms with E-state index in [4.69, 9.17) is 4.98 Å². The van der Waals surface area contributed by atoms with Crippen LogP contribution in [0.3, 0.4) is 0 Å². The van der Waals surface area contributed by atoms with Crippen molar-refractivity contribution in [1.29, 1.82) is 0 Å². The van der Waals surface area contributed by atoms with E-state index in [0.717, 1.165) is 15.9 Å². The van der Waals surface area contributed by atoms with Crippen molar-refractivity contribution in [2.75, 3.05) is 0 Å². The van der Waals surface area contributed by atoms with Gasteiger partial charge in [-0.3, -0.25) is 0 Å². The number of hydrogen-bond acceptors (Lipinski definition) is 2. The van der Waals surface area contributed by atoms with Gasteiger partial charge >= 0.3 is 0 Å². The van der Waals surface area contributed by atoms with Gasteiger partial charge in [0.2, 0.25) is 0 Å². The van der Waals surface area contributed by atoms with E-state index >= 15 is 0 Å². The molecule has 3 heteroatoms. The quantitative estimate of drug-likeness (QED) is 0.600. The maximum Gasteiger partial charge on any atom is 0.123 e. The molecule has 0 unspecified atom stereocenters. The molecular formula is C17H24BrNS. The van der Waals surface area contributed by atoms with Crippen molar-refractivity contribution in [3.63, 3.8) is 0 Å². The summed E-state index contributed by atoms with van der Waals surface area (Å²) in [6, 6.07) is 8.37. The summed E-state index contributed by atoms with van der Waals surface area (Å²) in [6.07, 6.45) is 4.81. The van der Waals surface area contributed by atoms with Crippen molar-refractivity contribution < 1.29 is 0 Å². The number of rotatable bonds is 4. The van der Waals surface area contributed by atoms with Gasteiger partial charge in [0.15, 0.2) is 0 Å². The first kappa shape index (κ1) is 17.4. The van der Waals surface area contributed by atoms with E-state index in [1.807, 2.05) is 0 Å². The number of aryl methyl sites for hydroxylation is 2. The highest BCUT2D eigenvalue weighted by Gasteiger charge is 2.08. The Morgan fingerprint density at radius 3 is 2.25 bits per heavy atom. The van der Waals surface area contributed by atoms with Gasteiger partial charge in [0.25, 0.3) is 0 Å². The van der Waals surface area contributed by atoms with Crippen molar-refractivity contribution in [3.8, 4) is 10.6 Å². The van der Waals surface area contributed by atoms with E-state index in [1.54, 1.807) is 11.3 Å². The van der Waals surface area contributed by atoms with Crippen LogP contribution in [0.5, 0.6) is 0 Å². The number of thiazole rings is 1. The Labute approximate surface area is 135 Å². The second-order valence-electron chi connectivity index (χ2n) is 4.84. The molecule has 2 aromatic rings. The molecule has 0 spiro atoms. The molecule has 0 aliphatic heterocycles. The second-order valence-corrected chi connectivity index (χ2v) is 6.96. The van der Waals surface area contributed by atoms with Crippen LogP contribution in [0.2, 0.25) is 0 Å². The number of benzene rings is 1. The zero-order chi connectivity index (χ0) is 15.0. The number of unbranched alkanes of at least 4 members (excludes halogenated alkanes) is 1. The molecule has 1 heterocycles. The smallest absolute Gasteiger partial charge is 0.123 e. The average molecular weight is 354 g/mol.